The molecule has 0 aliphatic carbocycles. The van der Waals surface area contributed by atoms with E-state index in [2.05, 4.69) is 0 Å². The molecule has 0 aromatic carbocycles. The Morgan fingerprint density at radius 1 is 1.33 bits per heavy atom. The third kappa shape index (κ3) is 8.08. The number of carbonyl (C=O) groups is 1. The zero-order chi connectivity index (χ0) is 9.61. The summed E-state index contributed by atoms with van der Waals surface area (Å²) in [7, 11) is -1.66. The van der Waals surface area contributed by atoms with Crippen LogP contribution < -0.4 is 0 Å². The quantitative estimate of drug-likeness (QED) is 0.395. The second-order valence-corrected chi connectivity index (χ2v) is 8.54. The Balaban J connectivity index is 3.47. The Kier molecular flexibility index (Phi) is 5.58. The lowest BCUT2D eigenvalue weighted by Crippen LogP contribution is -2.28. The van der Waals surface area contributed by atoms with Gasteiger partial charge in [0.2, 0.25) is 8.32 Å². The van der Waals surface area contributed by atoms with Crippen molar-refractivity contribution < 1.29 is 9.22 Å². The van der Waals surface area contributed by atoms with Crippen molar-refractivity contribution in [2.24, 2.45) is 0 Å². The Morgan fingerprint density at radius 3 is 2.33 bits per heavy atom. The molecule has 0 saturated carbocycles. The summed E-state index contributed by atoms with van der Waals surface area (Å²) in [6.45, 7) is 6.02. The highest BCUT2D eigenvalue weighted by atomic mass is 35.5. The maximum Gasteiger partial charge on any atom is 0.292 e. The largest absolute Gasteiger partial charge is 0.520 e. The van der Waals surface area contributed by atoms with Crippen LogP contribution in [0.1, 0.15) is 19.3 Å². The van der Waals surface area contributed by atoms with E-state index in [0.717, 1.165) is 12.8 Å². The van der Waals surface area contributed by atoms with Gasteiger partial charge in [-0.1, -0.05) is 0 Å². The van der Waals surface area contributed by atoms with Crippen LogP contribution >= 0.6 is 11.6 Å². The minimum atomic E-state index is -1.66. The lowest BCUT2D eigenvalue weighted by atomic mass is 10.3. The first-order valence-electron chi connectivity index (χ1n) is 4.23. The predicted octanol–water partition coefficient (Wildman–Crippen LogP) is 2.77. The Labute approximate surface area is 80.4 Å². The second kappa shape index (κ2) is 5.59. The zero-order valence-corrected chi connectivity index (χ0v) is 9.78. The van der Waals surface area contributed by atoms with Crippen molar-refractivity contribution in [3.8, 4) is 0 Å². The van der Waals surface area contributed by atoms with Crippen molar-refractivity contribution in [1.82, 2.24) is 0 Å². The van der Waals surface area contributed by atoms with Gasteiger partial charge in [0.1, 0.15) is 0 Å². The normalized spacial score (nSPS) is 11.3. The molecule has 0 spiro atoms. The summed E-state index contributed by atoms with van der Waals surface area (Å²) in [5.41, 5.74) is 0. The predicted molar refractivity (Wildman–Crippen MR) is 54.0 cm³/mol. The molecule has 72 valence electrons. The molecule has 0 bridgehead atoms. The van der Waals surface area contributed by atoms with Gasteiger partial charge in [0.25, 0.3) is 5.97 Å². The van der Waals surface area contributed by atoms with Gasteiger partial charge < -0.3 is 4.43 Å². The molecular weight excluding hydrogens is 192 g/mol. The van der Waals surface area contributed by atoms with E-state index in [4.69, 9.17) is 16.0 Å². The highest BCUT2D eigenvalue weighted by molar-refractivity contribution is 6.71. The van der Waals surface area contributed by atoms with Gasteiger partial charge in [-0.3, -0.25) is 4.79 Å². The fourth-order valence-electron chi connectivity index (χ4n) is 0.756. The molecule has 0 aliphatic heterocycles. The van der Waals surface area contributed by atoms with Crippen LogP contribution in [0.25, 0.3) is 0 Å². The molecule has 0 rings (SSSR count). The third-order valence-corrected chi connectivity index (χ3v) is 2.29. The topological polar surface area (TPSA) is 26.3 Å². The first kappa shape index (κ1) is 12.0. The summed E-state index contributed by atoms with van der Waals surface area (Å²) in [5.74, 6) is 0.555. The number of hydrogen-bond donors (Lipinski definition) is 0. The molecule has 12 heavy (non-hydrogen) atoms. The molecule has 0 unspecified atom stereocenters. The minimum absolute atomic E-state index is 0.0701. The van der Waals surface area contributed by atoms with Crippen molar-refractivity contribution in [3.63, 3.8) is 0 Å². The molecule has 0 fully saturated rings. The van der Waals surface area contributed by atoms with Crippen LogP contribution in [-0.2, 0) is 9.22 Å². The van der Waals surface area contributed by atoms with Gasteiger partial charge in [-0.2, -0.15) is 0 Å². The molecule has 0 aliphatic rings. The van der Waals surface area contributed by atoms with Crippen LogP contribution in [0, 0.1) is 0 Å². The van der Waals surface area contributed by atoms with Crippen molar-refractivity contribution in [1.29, 1.82) is 0 Å². The molecule has 0 N–H and O–H groups in total. The molecule has 0 aromatic heterocycles. The molecule has 0 heterocycles. The van der Waals surface area contributed by atoms with Crippen molar-refractivity contribution in [3.05, 3.63) is 0 Å². The van der Waals surface area contributed by atoms with E-state index in [9.17, 15) is 4.79 Å². The standard InChI is InChI=1S/C8H17ClO2Si/c1-12(2,3)11-8(10)6-4-5-7-9/h4-7H2,1-3H3. The molecule has 0 amide bonds. The van der Waals surface area contributed by atoms with Gasteiger partial charge in [0.05, 0.1) is 0 Å². The van der Waals surface area contributed by atoms with Crippen molar-refractivity contribution >= 4 is 25.9 Å². The van der Waals surface area contributed by atoms with Crippen LogP contribution in [0.5, 0.6) is 0 Å². The molecule has 0 atom stereocenters. The Hall–Kier alpha value is -0.0231. The Morgan fingerprint density at radius 2 is 1.92 bits per heavy atom. The van der Waals surface area contributed by atoms with Crippen LogP contribution in [0.15, 0.2) is 0 Å². The first-order valence-corrected chi connectivity index (χ1v) is 8.18. The number of hydrogen-bond acceptors (Lipinski definition) is 2. The number of alkyl halides is 1. The van der Waals surface area contributed by atoms with E-state index < -0.39 is 8.32 Å². The molecule has 0 saturated heterocycles. The average Bonchev–Trinajstić information content (AvgIpc) is 1.84. The van der Waals surface area contributed by atoms with E-state index in [1.807, 2.05) is 19.6 Å². The van der Waals surface area contributed by atoms with Crippen molar-refractivity contribution in [2.45, 2.75) is 38.9 Å². The number of rotatable bonds is 5. The van der Waals surface area contributed by atoms with Gasteiger partial charge in [-0.25, -0.2) is 0 Å². The van der Waals surface area contributed by atoms with Crippen LogP contribution in [0.4, 0.5) is 0 Å². The number of unbranched alkanes of at least 4 members (excludes halogenated alkanes) is 1. The van der Waals surface area contributed by atoms with E-state index in [-0.39, 0.29) is 5.97 Å². The number of halogens is 1. The zero-order valence-electron chi connectivity index (χ0n) is 8.02. The molecular formula is C8H17ClO2Si. The van der Waals surface area contributed by atoms with Gasteiger partial charge in [0.15, 0.2) is 0 Å². The summed E-state index contributed by atoms with van der Waals surface area (Å²) < 4.78 is 5.24. The fraction of sp³-hybridized carbons (Fsp3) is 0.875. The van der Waals surface area contributed by atoms with Crippen LogP contribution in [-0.4, -0.2) is 20.2 Å². The first-order chi connectivity index (χ1) is 5.45. The summed E-state index contributed by atoms with van der Waals surface area (Å²) in [6.07, 6.45) is 2.24. The molecule has 4 heteroatoms. The maximum atomic E-state index is 11.1. The SMILES string of the molecule is C[Si](C)(C)OC(=O)CCCCCl. The monoisotopic (exact) mass is 208 g/mol. The van der Waals surface area contributed by atoms with Gasteiger partial charge >= 0.3 is 0 Å². The minimum Gasteiger partial charge on any atom is -0.520 e. The maximum absolute atomic E-state index is 11.1. The van der Waals surface area contributed by atoms with Crippen LogP contribution in [0.3, 0.4) is 0 Å². The fourth-order valence-corrected chi connectivity index (χ4v) is 1.73. The third-order valence-electron chi connectivity index (χ3n) is 1.18. The highest BCUT2D eigenvalue weighted by Gasteiger charge is 2.19. The van der Waals surface area contributed by atoms with E-state index in [1.54, 1.807) is 0 Å². The highest BCUT2D eigenvalue weighted by Crippen LogP contribution is 2.06. The van der Waals surface area contributed by atoms with Gasteiger partial charge in [-0.15, -0.1) is 11.6 Å². The summed E-state index contributed by atoms with van der Waals surface area (Å²) >= 11 is 5.47. The molecule has 0 radical (unpaired) electrons. The van der Waals surface area contributed by atoms with Gasteiger partial charge in [0, 0.05) is 12.3 Å². The molecule has 2 nitrogen and oxygen atoms in total. The summed E-state index contributed by atoms with van der Waals surface area (Å²) in [5, 5.41) is 0. The van der Waals surface area contributed by atoms with Gasteiger partial charge in [-0.05, 0) is 32.5 Å². The summed E-state index contributed by atoms with van der Waals surface area (Å²) in [6, 6.07) is 0. The molecule has 0 aromatic rings. The lowest BCUT2D eigenvalue weighted by Gasteiger charge is -2.16. The Bertz CT molecular complexity index is 142. The van der Waals surface area contributed by atoms with E-state index >= 15 is 0 Å². The summed E-state index contributed by atoms with van der Waals surface area (Å²) in [4.78, 5) is 11.1. The second-order valence-electron chi connectivity index (χ2n) is 3.73. The number of carbonyl (C=O) groups excluding carboxylic acids is 1. The lowest BCUT2D eigenvalue weighted by molar-refractivity contribution is -0.135. The van der Waals surface area contributed by atoms with Crippen molar-refractivity contribution in [2.75, 3.05) is 5.88 Å². The van der Waals surface area contributed by atoms with Crippen LogP contribution in [0.2, 0.25) is 19.6 Å². The van der Waals surface area contributed by atoms with E-state index in [1.165, 1.54) is 0 Å². The van der Waals surface area contributed by atoms with E-state index in [0.29, 0.717) is 12.3 Å². The smallest absolute Gasteiger partial charge is 0.292 e. The average molecular weight is 209 g/mol.